The number of nitrogens with two attached hydrogens (primary N) is 1. The molecule has 1 rings (SSSR count). The van der Waals surface area contributed by atoms with E-state index < -0.39 is 6.10 Å². The third-order valence-electron chi connectivity index (χ3n) is 2.09. The smallest absolute Gasteiger partial charge is 0.347 e. The third-order valence-corrected chi connectivity index (χ3v) is 2.55. The maximum absolute atomic E-state index is 11.6. The average Bonchev–Trinajstić information content (AvgIpc) is 2.24. The summed E-state index contributed by atoms with van der Waals surface area (Å²) in [7, 11) is 0. The van der Waals surface area contributed by atoms with Gasteiger partial charge in [0.2, 0.25) is 0 Å². The van der Waals surface area contributed by atoms with Gasteiger partial charge < -0.3 is 15.2 Å². The Morgan fingerprint density at radius 3 is 2.65 bits per heavy atom. The van der Waals surface area contributed by atoms with Gasteiger partial charge in [-0.2, -0.15) is 0 Å². The van der Waals surface area contributed by atoms with Crippen molar-refractivity contribution in [2.24, 2.45) is 0 Å². The average molecular weight is 302 g/mol. The molecule has 0 amide bonds. The SMILES string of the molecule is CCOC(=O)C(CC)Oc1cc(N)cc(Br)c1. The fourth-order valence-corrected chi connectivity index (χ4v) is 1.84. The summed E-state index contributed by atoms with van der Waals surface area (Å²) in [5, 5.41) is 0. The fraction of sp³-hybridized carbons (Fsp3) is 0.417. The molecule has 1 aromatic carbocycles. The first-order chi connectivity index (χ1) is 8.06. The standard InChI is InChI=1S/C12H16BrNO3/c1-3-11(12(15)16-4-2)17-10-6-8(13)5-9(14)7-10/h5-7,11H,3-4,14H2,1-2H3. The Labute approximate surface area is 109 Å². The van der Waals surface area contributed by atoms with Gasteiger partial charge in [0.25, 0.3) is 0 Å². The van der Waals surface area contributed by atoms with Crippen LogP contribution in [0.5, 0.6) is 5.75 Å². The first kappa shape index (κ1) is 13.8. The zero-order chi connectivity index (χ0) is 12.8. The largest absolute Gasteiger partial charge is 0.479 e. The van der Waals surface area contributed by atoms with Crippen molar-refractivity contribution in [3.05, 3.63) is 22.7 Å². The van der Waals surface area contributed by atoms with Gasteiger partial charge in [-0.05, 0) is 25.5 Å². The minimum absolute atomic E-state index is 0.347. The first-order valence-corrected chi connectivity index (χ1v) is 6.25. The molecule has 0 aliphatic carbocycles. The van der Waals surface area contributed by atoms with E-state index in [1.165, 1.54) is 0 Å². The summed E-state index contributed by atoms with van der Waals surface area (Å²) in [6.07, 6.45) is -0.0470. The Balaban J connectivity index is 2.76. The number of ether oxygens (including phenoxy) is 2. The van der Waals surface area contributed by atoms with E-state index >= 15 is 0 Å². The van der Waals surface area contributed by atoms with E-state index in [0.29, 0.717) is 24.5 Å². The second kappa shape index (κ2) is 6.49. The maximum atomic E-state index is 11.6. The maximum Gasteiger partial charge on any atom is 0.347 e. The van der Waals surface area contributed by atoms with Crippen LogP contribution in [-0.4, -0.2) is 18.7 Å². The van der Waals surface area contributed by atoms with Gasteiger partial charge in [-0.3, -0.25) is 0 Å². The molecular formula is C12H16BrNO3. The number of rotatable bonds is 5. The van der Waals surface area contributed by atoms with Gasteiger partial charge in [-0.15, -0.1) is 0 Å². The highest BCUT2D eigenvalue weighted by Crippen LogP contribution is 2.24. The monoisotopic (exact) mass is 301 g/mol. The lowest BCUT2D eigenvalue weighted by Crippen LogP contribution is -2.28. The van der Waals surface area contributed by atoms with Crippen molar-refractivity contribution in [1.29, 1.82) is 0 Å². The topological polar surface area (TPSA) is 61.5 Å². The predicted octanol–water partition coefficient (Wildman–Crippen LogP) is 2.75. The van der Waals surface area contributed by atoms with Crippen molar-refractivity contribution in [3.8, 4) is 5.75 Å². The molecule has 0 saturated carbocycles. The molecule has 17 heavy (non-hydrogen) atoms. The predicted molar refractivity (Wildman–Crippen MR) is 69.9 cm³/mol. The normalized spacial score (nSPS) is 11.9. The molecule has 5 heteroatoms. The van der Waals surface area contributed by atoms with Crippen LogP contribution >= 0.6 is 15.9 Å². The van der Waals surface area contributed by atoms with E-state index in [-0.39, 0.29) is 5.97 Å². The number of hydrogen-bond donors (Lipinski definition) is 1. The number of nitrogen functional groups attached to an aromatic ring is 1. The molecule has 0 bridgehead atoms. The zero-order valence-corrected chi connectivity index (χ0v) is 11.5. The Hall–Kier alpha value is -1.23. The van der Waals surface area contributed by atoms with Crippen LogP contribution in [0.25, 0.3) is 0 Å². The van der Waals surface area contributed by atoms with Gasteiger partial charge in [0.05, 0.1) is 6.61 Å². The lowest BCUT2D eigenvalue weighted by atomic mass is 10.2. The number of halogens is 1. The van der Waals surface area contributed by atoms with Gasteiger partial charge in [0, 0.05) is 16.2 Å². The van der Waals surface area contributed by atoms with Crippen LogP contribution in [0.1, 0.15) is 20.3 Å². The molecular weight excluding hydrogens is 286 g/mol. The van der Waals surface area contributed by atoms with Crippen molar-refractivity contribution in [3.63, 3.8) is 0 Å². The Bertz CT molecular complexity index is 375. The molecule has 94 valence electrons. The summed E-state index contributed by atoms with van der Waals surface area (Å²) < 4.78 is 11.3. The molecule has 0 aliphatic rings. The molecule has 0 radical (unpaired) electrons. The summed E-state index contributed by atoms with van der Waals surface area (Å²) in [5.74, 6) is 0.199. The van der Waals surface area contributed by atoms with E-state index in [2.05, 4.69) is 15.9 Å². The van der Waals surface area contributed by atoms with E-state index in [9.17, 15) is 4.79 Å². The molecule has 1 unspecified atom stereocenters. The molecule has 4 nitrogen and oxygen atoms in total. The summed E-state index contributed by atoms with van der Waals surface area (Å²) in [4.78, 5) is 11.6. The van der Waals surface area contributed by atoms with E-state index in [1.807, 2.05) is 6.92 Å². The van der Waals surface area contributed by atoms with Crippen LogP contribution in [0.2, 0.25) is 0 Å². The van der Waals surface area contributed by atoms with Crippen molar-refractivity contribution >= 4 is 27.6 Å². The second-order valence-electron chi connectivity index (χ2n) is 3.49. The molecule has 0 spiro atoms. The Kier molecular flexibility index (Phi) is 5.28. The van der Waals surface area contributed by atoms with E-state index in [1.54, 1.807) is 25.1 Å². The van der Waals surface area contributed by atoms with Crippen LogP contribution in [0.15, 0.2) is 22.7 Å². The van der Waals surface area contributed by atoms with Crippen molar-refractivity contribution in [1.82, 2.24) is 0 Å². The number of benzene rings is 1. The van der Waals surface area contributed by atoms with Gasteiger partial charge in [-0.1, -0.05) is 22.9 Å². The van der Waals surface area contributed by atoms with Gasteiger partial charge in [0.15, 0.2) is 6.10 Å². The number of esters is 1. The Morgan fingerprint density at radius 2 is 2.12 bits per heavy atom. The highest BCUT2D eigenvalue weighted by molar-refractivity contribution is 9.10. The lowest BCUT2D eigenvalue weighted by molar-refractivity contribution is -0.151. The molecule has 0 aliphatic heterocycles. The number of carbonyl (C=O) groups excluding carboxylic acids is 1. The highest BCUT2D eigenvalue weighted by atomic mass is 79.9. The third kappa shape index (κ3) is 4.26. The van der Waals surface area contributed by atoms with Crippen molar-refractivity contribution in [2.75, 3.05) is 12.3 Å². The Morgan fingerprint density at radius 1 is 1.41 bits per heavy atom. The second-order valence-corrected chi connectivity index (χ2v) is 4.40. The molecule has 0 saturated heterocycles. The van der Waals surface area contributed by atoms with Crippen molar-refractivity contribution in [2.45, 2.75) is 26.4 Å². The van der Waals surface area contributed by atoms with E-state index in [0.717, 1.165) is 4.47 Å². The summed E-state index contributed by atoms with van der Waals surface area (Å²) in [6.45, 7) is 3.98. The molecule has 0 heterocycles. The molecule has 1 atom stereocenters. The summed E-state index contributed by atoms with van der Waals surface area (Å²) in [5.41, 5.74) is 6.26. The van der Waals surface area contributed by atoms with Crippen LogP contribution < -0.4 is 10.5 Å². The van der Waals surface area contributed by atoms with Crippen LogP contribution in [-0.2, 0) is 9.53 Å². The number of anilines is 1. The van der Waals surface area contributed by atoms with Gasteiger partial charge >= 0.3 is 5.97 Å². The summed E-state index contributed by atoms with van der Waals surface area (Å²) >= 11 is 3.32. The fourth-order valence-electron chi connectivity index (χ4n) is 1.35. The van der Waals surface area contributed by atoms with E-state index in [4.69, 9.17) is 15.2 Å². The van der Waals surface area contributed by atoms with Gasteiger partial charge in [-0.25, -0.2) is 4.79 Å². The minimum Gasteiger partial charge on any atom is -0.479 e. The molecule has 0 aromatic heterocycles. The lowest BCUT2D eigenvalue weighted by Gasteiger charge is -2.16. The first-order valence-electron chi connectivity index (χ1n) is 5.46. The quantitative estimate of drug-likeness (QED) is 0.671. The number of hydrogen-bond acceptors (Lipinski definition) is 4. The van der Waals surface area contributed by atoms with Crippen LogP contribution in [0.4, 0.5) is 5.69 Å². The van der Waals surface area contributed by atoms with Gasteiger partial charge in [0.1, 0.15) is 5.75 Å². The minimum atomic E-state index is -0.594. The van der Waals surface area contributed by atoms with Crippen LogP contribution in [0.3, 0.4) is 0 Å². The highest BCUT2D eigenvalue weighted by Gasteiger charge is 2.19. The zero-order valence-electron chi connectivity index (χ0n) is 9.90. The van der Waals surface area contributed by atoms with Crippen molar-refractivity contribution < 1.29 is 14.3 Å². The summed E-state index contributed by atoms with van der Waals surface area (Å²) in [6, 6.07) is 5.20. The van der Waals surface area contributed by atoms with Crippen LogP contribution in [0, 0.1) is 0 Å². The molecule has 0 fully saturated rings. The number of carbonyl (C=O) groups is 1. The molecule has 2 N–H and O–H groups in total. The molecule has 1 aromatic rings.